The summed E-state index contributed by atoms with van der Waals surface area (Å²) in [6, 6.07) is 5.02. The number of rotatable bonds is 4. The van der Waals surface area contributed by atoms with E-state index in [4.69, 9.17) is 11.6 Å². The molecule has 1 aliphatic rings. The van der Waals surface area contributed by atoms with E-state index >= 15 is 0 Å². The Kier molecular flexibility index (Phi) is 4.07. The van der Waals surface area contributed by atoms with Gasteiger partial charge < -0.3 is 5.32 Å². The molecule has 0 saturated heterocycles. The molecule has 1 aliphatic carbocycles. The number of non-ortho nitro benzene ring substituents is 1. The van der Waals surface area contributed by atoms with E-state index in [-0.39, 0.29) is 5.69 Å². The number of nitro groups is 1. The molecule has 0 spiro atoms. The van der Waals surface area contributed by atoms with E-state index in [1.54, 1.807) is 6.07 Å². The summed E-state index contributed by atoms with van der Waals surface area (Å²) in [7, 11) is 0. The molecule has 0 aromatic heterocycles. The first-order chi connectivity index (χ1) is 8.60. The molecule has 1 saturated carbocycles. The molecule has 1 aromatic rings. The van der Waals surface area contributed by atoms with Crippen LogP contribution in [0.3, 0.4) is 0 Å². The molecule has 0 bridgehead atoms. The van der Waals surface area contributed by atoms with Gasteiger partial charge in [-0.1, -0.05) is 24.9 Å². The fourth-order valence-corrected chi connectivity index (χ4v) is 2.76. The van der Waals surface area contributed by atoms with E-state index in [9.17, 15) is 10.1 Å². The summed E-state index contributed by atoms with van der Waals surface area (Å²) in [5, 5.41) is 14.4. The van der Waals surface area contributed by atoms with Crippen LogP contribution in [0, 0.1) is 16.0 Å². The van der Waals surface area contributed by atoms with Crippen molar-refractivity contribution in [3.63, 3.8) is 0 Å². The van der Waals surface area contributed by atoms with Crippen molar-refractivity contribution in [2.45, 2.75) is 38.6 Å². The maximum Gasteiger partial charge on any atom is 0.271 e. The number of nitro benzene ring substituents is 1. The maximum atomic E-state index is 10.6. The average molecular weight is 269 g/mol. The van der Waals surface area contributed by atoms with Crippen LogP contribution in [-0.4, -0.2) is 11.0 Å². The Balaban J connectivity index is 2.04. The van der Waals surface area contributed by atoms with Crippen molar-refractivity contribution in [1.29, 1.82) is 0 Å². The van der Waals surface area contributed by atoms with Crippen LogP contribution in [0.5, 0.6) is 0 Å². The second-order valence-corrected chi connectivity index (χ2v) is 5.26. The van der Waals surface area contributed by atoms with Crippen LogP contribution < -0.4 is 5.32 Å². The van der Waals surface area contributed by atoms with Crippen molar-refractivity contribution in [3.05, 3.63) is 33.3 Å². The molecule has 0 aliphatic heterocycles. The average Bonchev–Trinajstić information content (AvgIpc) is 2.79. The number of halogens is 1. The van der Waals surface area contributed by atoms with E-state index in [2.05, 4.69) is 12.2 Å². The molecule has 0 heterocycles. The Morgan fingerprint density at radius 1 is 1.50 bits per heavy atom. The largest absolute Gasteiger partial charge is 0.381 e. The molecule has 2 atom stereocenters. The Labute approximate surface area is 111 Å². The minimum atomic E-state index is -0.432. The lowest BCUT2D eigenvalue weighted by atomic mass is 10.1. The highest BCUT2D eigenvalue weighted by Gasteiger charge is 2.23. The lowest BCUT2D eigenvalue weighted by molar-refractivity contribution is -0.384. The van der Waals surface area contributed by atoms with E-state index in [0.29, 0.717) is 11.1 Å². The second kappa shape index (κ2) is 5.57. The molecule has 18 heavy (non-hydrogen) atoms. The smallest absolute Gasteiger partial charge is 0.271 e. The summed E-state index contributed by atoms with van der Waals surface area (Å²) in [6.45, 7) is 2.21. The topological polar surface area (TPSA) is 55.2 Å². The van der Waals surface area contributed by atoms with Gasteiger partial charge in [-0.05, 0) is 31.2 Å². The monoisotopic (exact) mass is 268 g/mol. The van der Waals surface area contributed by atoms with Gasteiger partial charge in [0.05, 0.1) is 15.6 Å². The second-order valence-electron chi connectivity index (χ2n) is 4.85. The summed E-state index contributed by atoms with van der Waals surface area (Å²) < 4.78 is 0. The van der Waals surface area contributed by atoms with Crippen LogP contribution in [0.1, 0.15) is 32.6 Å². The number of nitrogens with zero attached hydrogens (tertiary/aromatic N) is 1. The maximum absolute atomic E-state index is 10.6. The van der Waals surface area contributed by atoms with E-state index < -0.39 is 4.92 Å². The predicted molar refractivity (Wildman–Crippen MR) is 73.1 cm³/mol. The molecule has 0 amide bonds. The van der Waals surface area contributed by atoms with Crippen LogP contribution in [0.4, 0.5) is 11.4 Å². The Bertz CT molecular complexity index is 451. The highest BCUT2D eigenvalue weighted by Crippen LogP contribution is 2.33. The molecule has 0 radical (unpaired) electrons. The number of benzene rings is 1. The zero-order valence-corrected chi connectivity index (χ0v) is 11.1. The molecular weight excluding hydrogens is 252 g/mol. The molecule has 98 valence electrons. The highest BCUT2D eigenvalue weighted by molar-refractivity contribution is 6.33. The van der Waals surface area contributed by atoms with Crippen molar-refractivity contribution in [2.24, 2.45) is 5.92 Å². The number of nitrogens with one attached hydrogen (secondary N) is 1. The summed E-state index contributed by atoms with van der Waals surface area (Å²) in [6.07, 6.45) is 4.76. The third-order valence-corrected chi connectivity index (χ3v) is 3.95. The minimum absolute atomic E-state index is 0.0309. The van der Waals surface area contributed by atoms with Gasteiger partial charge in [-0.25, -0.2) is 0 Å². The van der Waals surface area contributed by atoms with Crippen molar-refractivity contribution >= 4 is 23.0 Å². The first kappa shape index (κ1) is 13.1. The van der Waals surface area contributed by atoms with Crippen LogP contribution in [0.25, 0.3) is 0 Å². The van der Waals surface area contributed by atoms with Crippen LogP contribution in [0.2, 0.25) is 5.02 Å². The van der Waals surface area contributed by atoms with Crippen molar-refractivity contribution in [1.82, 2.24) is 0 Å². The molecule has 1 aromatic carbocycles. The third kappa shape index (κ3) is 2.93. The summed E-state index contributed by atoms with van der Waals surface area (Å²) in [5.74, 6) is 0.791. The summed E-state index contributed by atoms with van der Waals surface area (Å²) in [5.41, 5.74) is 0.826. The number of anilines is 1. The molecule has 2 rings (SSSR count). The van der Waals surface area contributed by atoms with Gasteiger partial charge in [-0.2, -0.15) is 0 Å². The van der Waals surface area contributed by atoms with Crippen LogP contribution in [0.15, 0.2) is 18.2 Å². The SMILES string of the molecule is CCC1CCC(Nc2ccc([N+](=O)[O-])cc2Cl)C1. The Morgan fingerprint density at radius 3 is 2.83 bits per heavy atom. The first-order valence-corrected chi connectivity index (χ1v) is 6.68. The zero-order chi connectivity index (χ0) is 13.1. The van der Waals surface area contributed by atoms with Crippen molar-refractivity contribution < 1.29 is 4.92 Å². The van der Waals surface area contributed by atoms with Gasteiger partial charge in [0, 0.05) is 18.2 Å². The molecular formula is C13H17ClN2O2. The standard InChI is InChI=1S/C13H17ClN2O2/c1-2-9-3-4-10(7-9)15-13-6-5-11(16(17)18)8-12(13)14/h5-6,8-10,15H,2-4,7H2,1H3. The lowest BCUT2D eigenvalue weighted by Crippen LogP contribution is -2.15. The van der Waals surface area contributed by atoms with Crippen molar-refractivity contribution in [3.8, 4) is 0 Å². The molecule has 1 N–H and O–H groups in total. The van der Waals surface area contributed by atoms with E-state index in [1.807, 2.05) is 0 Å². The van der Waals surface area contributed by atoms with E-state index in [0.717, 1.165) is 24.4 Å². The van der Waals surface area contributed by atoms with Gasteiger partial charge in [-0.3, -0.25) is 10.1 Å². The predicted octanol–water partition coefficient (Wildman–Crippen LogP) is 4.24. The lowest BCUT2D eigenvalue weighted by Gasteiger charge is -2.15. The minimum Gasteiger partial charge on any atom is -0.381 e. The van der Waals surface area contributed by atoms with Gasteiger partial charge in [0.2, 0.25) is 0 Å². The van der Waals surface area contributed by atoms with E-state index in [1.165, 1.54) is 25.0 Å². The van der Waals surface area contributed by atoms with Crippen molar-refractivity contribution in [2.75, 3.05) is 5.32 Å². The van der Waals surface area contributed by atoms with Gasteiger partial charge in [-0.15, -0.1) is 0 Å². The summed E-state index contributed by atoms with van der Waals surface area (Å²) in [4.78, 5) is 10.2. The zero-order valence-electron chi connectivity index (χ0n) is 10.4. The van der Waals surface area contributed by atoms with Gasteiger partial charge in [0.15, 0.2) is 0 Å². The van der Waals surface area contributed by atoms with Gasteiger partial charge in [0.25, 0.3) is 5.69 Å². The quantitative estimate of drug-likeness (QED) is 0.656. The Hall–Kier alpha value is -1.29. The normalized spacial score (nSPS) is 23.0. The fraction of sp³-hybridized carbons (Fsp3) is 0.538. The van der Waals surface area contributed by atoms with Crippen LogP contribution in [-0.2, 0) is 0 Å². The number of hydrogen-bond acceptors (Lipinski definition) is 3. The molecule has 5 heteroatoms. The molecule has 4 nitrogen and oxygen atoms in total. The molecule has 2 unspecified atom stereocenters. The fourth-order valence-electron chi connectivity index (χ4n) is 2.53. The number of hydrogen-bond donors (Lipinski definition) is 1. The molecule has 1 fully saturated rings. The van der Waals surface area contributed by atoms with Gasteiger partial charge >= 0.3 is 0 Å². The van der Waals surface area contributed by atoms with Crippen LogP contribution >= 0.6 is 11.6 Å². The van der Waals surface area contributed by atoms with Gasteiger partial charge in [0.1, 0.15) is 0 Å². The highest BCUT2D eigenvalue weighted by atomic mass is 35.5. The summed E-state index contributed by atoms with van der Waals surface area (Å²) >= 11 is 6.06. The Morgan fingerprint density at radius 2 is 2.28 bits per heavy atom. The first-order valence-electron chi connectivity index (χ1n) is 6.30. The third-order valence-electron chi connectivity index (χ3n) is 3.64.